The molecule has 0 saturated heterocycles. The number of hydrogen-bond donors (Lipinski definition) is 0. The summed E-state index contributed by atoms with van der Waals surface area (Å²) in [5.74, 6) is 0. The normalized spacial score (nSPS) is 23.8. The molecule has 0 spiro atoms. The smallest absolute Gasteiger partial charge is 0.0571 e. The highest BCUT2D eigenvalue weighted by Crippen LogP contribution is 2.17. The van der Waals surface area contributed by atoms with Crippen LogP contribution < -0.4 is 0 Å². The first-order valence-corrected chi connectivity index (χ1v) is 6.96. The van der Waals surface area contributed by atoms with E-state index >= 15 is 0 Å². The summed E-state index contributed by atoms with van der Waals surface area (Å²) in [7, 11) is 1.88. The third-order valence-electron chi connectivity index (χ3n) is 3.64. The molecule has 1 saturated carbocycles. The third-order valence-corrected chi connectivity index (χ3v) is 3.64. The molecule has 1 rings (SSSR count). The topological polar surface area (TPSA) is 9.23 Å². The number of hydrogen-bond acceptors (Lipinski definition) is 1. The summed E-state index contributed by atoms with van der Waals surface area (Å²) in [4.78, 5) is 0. The molecular formula is C14H28O. The third kappa shape index (κ3) is 6.94. The van der Waals surface area contributed by atoms with Crippen molar-refractivity contribution in [2.24, 2.45) is 0 Å². The maximum atomic E-state index is 5.53. The maximum Gasteiger partial charge on any atom is 0.0571 e. The summed E-state index contributed by atoms with van der Waals surface area (Å²) in [5.41, 5.74) is 0. The quantitative estimate of drug-likeness (QED) is 0.612. The van der Waals surface area contributed by atoms with Gasteiger partial charge in [0, 0.05) is 7.11 Å². The van der Waals surface area contributed by atoms with Gasteiger partial charge in [-0.05, 0) is 12.8 Å². The SMILES string of the molecule is COC1CCCCCCCCCCCC1. The monoisotopic (exact) mass is 212 g/mol. The van der Waals surface area contributed by atoms with Crippen molar-refractivity contribution in [3.63, 3.8) is 0 Å². The van der Waals surface area contributed by atoms with Crippen molar-refractivity contribution in [3.8, 4) is 0 Å². The lowest BCUT2D eigenvalue weighted by molar-refractivity contribution is 0.0833. The summed E-state index contributed by atoms with van der Waals surface area (Å²) in [6.07, 6.45) is 17.4. The minimum atomic E-state index is 0.547. The molecule has 1 aliphatic rings. The molecule has 1 heteroatoms. The first-order chi connectivity index (χ1) is 7.43. The first kappa shape index (κ1) is 13.0. The van der Waals surface area contributed by atoms with Crippen LogP contribution in [-0.4, -0.2) is 13.2 Å². The van der Waals surface area contributed by atoms with Crippen molar-refractivity contribution in [2.45, 2.75) is 83.2 Å². The van der Waals surface area contributed by atoms with E-state index in [0.717, 1.165) is 0 Å². The molecule has 1 fully saturated rings. The lowest BCUT2D eigenvalue weighted by Crippen LogP contribution is -2.10. The number of methoxy groups -OCH3 is 1. The van der Waals surface area contributed by atoms with E-state index in [1.54, 1.807) is 0 Å². The minimum absolute atomic E-state index is 0.547. The zero-order chi connectivity index (χ0) is 10.8. The molecule has 0 radical (unpaired) electrons. The fourth-order valence-corrected chi connectivity index (χ4v) is 2.54. The zero-order valence-corrected chi connectivity index (χ0v) is 10.5. The van der Waals surface area contributed by atoms with Crippen LogP contribution in [0.5, 0.6) is 0 Å². The average Bonchev–Trinajstić information content (AvgIpc) is 2.29. The van der Waals surface area contributed by atoms with Crippen LogP contribution in [0.25, 0.3) is 0 Å². The second kappa shape index (κ2) is 9.21. The van der Waals surface area contributed by atoms with Gasteiger partial charge in [-0.1, -0.05) is 64.2 Å². The van der Waals surface area contributed by atoms with E-state index in [1.165, 1.54) is 77.0 Å². The van der Waals surface area contributed by atoms with Crippen molar-refractivity contribution in [1.29, 1.82) is 0 Å². The molecule has 0 atom stereocenters. The Morgan fingerprint density at radius 3 is 1.27 bits per heavy atom. The van der Waals surface area contributed by atoms with Gasteiger partial charge in [-0.25, -0.2) is 0 Å². The highest BCUT2D eigenvalue weighted by molar-refractivity contribution is 4.60. The Morgan fingerprint density at radius 1 is 0.600 bits per heavy atom. The standard InChI is InChI=1S/C14H28O/c1-15-14-12-10-8-6-4-2-3-5-7-9-11-13-14/h14H,2-13H2,1H3. The Hall–Kier alpha value is -0.0400. The fourth-order valence-electron chi connectivity index (χ4n) is 2.54. The molecule has 1 nitrogen and oxygen atoms in total. The average molecular weight is 212 g/mol. The van der Waals surface area contributed by atoms with E-state index in [-0.39, 0.29) is 0 Å². The van der Waals surface area contributed by atoms with Gasteiger partial charge in [0.25, 0.3) is 0 Å². The molecule has 0 amide bonds. The van der Waals surface area contributed by atoms with Gasteiger partial charge in [0.2, 0.25) is 0 Å². The van der Waals surface area contributed by atoms with Crippen LogP contribution in [0.15, 0.2) is 0 Å². The van der Waals surface area contributed by atoms with Crippen LogP contribution >= 0.6 is 0 Å². The summed E-state index contributed by atoms with van der Waals surface area (Å²) in [6, 6.07) is 0. The molecule has 0 N–H and O–H groups in total. The second-order valence-corrected chi connectivity index (χ2v) is 4.97. The molecule has 0 bridgehead atoms. The molecule has 15 heavy (non-hydrogen) atoms. The van der Waals surface area contributed by atoms with Crippen LogP contribution in [0.1, 0.15) is 77.0 Å². The van der Waals surface area contributed by atoms with Gasteiger partial charge in [-0.3, -0.25) is 0 Å². The molecule has 90 valence electrons. The Bertz CT molecular complexity index is 119. The van der Waals surface area contributed by atoms with Crippen molar-refractivity contribution >= 4 is 0 Å². The van der Waals surface area contributed by atoms with E-state index in [4.69, 9.17) is 4.74 Å². The Balaban J connectivity index is 2.17. The van der Waals surface area contributed by atoms with Gasteiger partial charge in [0.1, 0.15) is 0 Å². The van der Waals surface area contributed by atoms with Crippen LogP contribution in [0, 0.1) is 0 Å². The van der Waals surface area contributed by atoms with E-state index in [0.29, 0.717) is 6.10 Å². The molecule has 0 heterocycles. The lowest BCUT2D eigenvalue weighted by atomic mass is 10.0. The summed E-state index contributed by atoms with van der Waals surface area (Å²) in [5, 5.41) is 0. The van der Waals surface area contributed by atoms with Gasteiger partial charge in [-0.2, -0.15) is 0 Å². The molecule has 0 aromatic carbocycles. The van der Waals surface area contributed by atoms with Crippen molar-refractivity contribution in [3.05, 3.63) is 0 Å². The molecular weight excluding hydrogens is 184 g/mol. The second-order valence-electron chi connectivity index (χ2n) is 4.97. The van der Waals surface area contributed by atoms with Crippen molar-refractivity contribution in [2.75, 3.05) is 7.11 Å². The van der Waals surface area contributed by atoms with E-state index in [9.17, 15) is 0 Å². The van der Waals surface area contributed by atoms with E-state index in [2.05, 4.69) is 0 Å². The van der Waals surface area contributed by atoms with Gasteiger partial charge in [0.15, 0.2) is 0 Å². The zero-order valence-electron chi connectivity index (χ0n) is 10.5. The predicted molar refractivity (Wildman–Crippen MR) is 66.2 cm³/mol. The van der Waals surface area contributed by atoms with Crippen LogP contribution in [-0.2, 0) is 4.74 Å². The highest BCUT2D eigenvalue weighted by Gasteiger charge is 2.07. The molecule has 0 aliphatic heterocycles. The van der Waals surface area contributed by atoms with E-state index < -0.39 is 0 Å². The largest absolute Gasteiger partial charge is 0.381 e. The summed E-state index contributed by atoms with van der Waals surface area (Å²) >= 11 is 0. The summed E-state index contributed by atoms with van der Waals surface area (Å²) < 4.78 is 5.53. The van der Waals surface area contributed by atoms with Crippen LogP contribution in [0.4, 0.5) is 0 Å². The highest BCUT2D eigenvalue weighted by atomic mass is 16.5. The Kier molecular flexibility index (Phi) is 7.99. The first-order valence-electron chi connectivity index (χ1n) is 6.96. The number of ether oxygens (including phenoxy) is 1. The molecule has 1 aliphatic carbocycles. The Morgan fingerprint density at radius 2 is 0.933 bits per heavy atom. The van der Waals surface area contributed by atoms with Gasteiger partial charge >= 0.3 is 0 Å². The lowest BCUT2D eigenvalue weighted by Gasteiger charge is -2.14. The number of rotatable bonds is 1. The van der Waals surface area contributed by atoms with Crippen LogP contribution in [0.2, 0.25) is 0 Å². The van der Waals surface area contributed by atoms with E-state index in [1.807, 2.05) is 7.11 Å². The van der Waals surface area contributed by atoms with Gasteiger partial charge in [0.05, 0.1) is 6.10 Å². The molecule has 0 unspecified atom stereocenters. The minimum Gasteiger partial charge on any atom is -0.381 e. The molecule has 0 aromatic rings. The predicted octanol–water partition coefficient (Wildman–Crippen LogP) is 4.70. The summed E-state index contributed by atoms with van der Waals surface area (Å²) in [6.45, 7) is 0. The van der Waals surface area contributed by atoms with Gasteiger partial charge < -0.3 is 4.74 Å². The van der Waals surface area contributed by atoms with Gasteiger partial charge in [-0.15, -0.1) is 0 Å². The van der Waals surface area contributed by atoms with Crippen molar-refractivity contribution in [1.82, 2.24) is 0 Å². The Labute approximate surface area is 95.6 Å². The van der Waals surface area contributed by atoms with Crippen LogP contribution in [0.3, 0.4) is 0 Å². The molecule has 0 aromatic heterocycles. The maximum absolute atomic E-state index is 5.53. The fraction of sp³-hybridized carbons (Fsp3) is 1.00. The van der Waals surface area contributed by atoms with Crippen molar-refractivity contribution < 1.29 is 4.74 Å².